The maximum atomic E-state index is 9.19. The van der Waals surface area contributed by atoms with Gasteiger partial charge >= 0.3 is 0 Å². The van der Waals surface area contributed by atoms with E-state index in [1.807, 2.05) is 6.07 Å². The molecule has 0 spiro atoms. The third-order valence-electron chi connectivity index (χ3n) is 4.30. The van der Waals surface area contributed by atoms with Crippen LogP contribution in [0.5, 0.6) is 0 Å². The molecule has 1 aliphatic heterocycles. The van der Waals surface area contributed by atoms with Crippen LogP contribution in [0.15, 0.2) is 48.8 Å². The van der Waals surface area contributed by atoms with E-state index in [4.69, 9.17) is 0 Å². The van der Waals surface area contributed by atoms with Crippen molar-refractivity contribution in [2.45, 2.75) is 13.0 Å². The van der Waals surface area contributed by atoms with Crippen LogP contribution in [0, 0.1) is 11.3 Å². The normalized spacial score (nSPS) is 18.7. The van der Waals surface area contributed by atoms with Crippen LogP contribution in [0.2, 0.25) is 0 Å². The van der Waals surface area contributed by atoms with Crippen LogP contribution in [-0.4, -0.2) is 47.1 Å². The molecule has 1 atom stereocenters. The minimum Gasteiger partial charge on any atom is -0.351 e. The first-order chi connectivity index (χ1) is 11.8. The largest absolute Gasteiger partial charge is 0.351 e. The summed E-state index contributed by atoms with van der Waals surface area (Å²) in [7, 11) is 0. The molecule has 3 rings (SSSR count). The average molecular weight is 319 g/mol. The second-order valence-corrected chi connectivity index (χ2v) is 5.94. The molecule has 1 aromatic heterocycles. The minimum atomic E-state index is 0.396. The van der Waals surface area contributed by atoms with Crippen LogP contribution in [0.4, 0.5) is 5.82 Å². The number of benzene rings is 1. The van der Waals surface area contributed by atoms with Gasteiger partial charge in [0.2, 0.25) is 0 Å². The van der Waals surface area contributed by atoms with Gasteiger partial charge in [0.15, 0.2) is 11.5 Å². The number of hydrogen-bond donors (Lipinski definition) is 0. The smallest absolute Gasteiger partial charge is 0.183 e. The van der Waals surface area contributed by atoms with Crippen molar-refractivity contribution in [3.8, 4) is 6.07 Å². The highest BCUT2D eigenvalue weighted by Crippen LogP contribution is 2.19. The number of nitriles is 1. The van der Waals surface area contributed by atoms with Crippen LogP contribution in [0.3, 0.4) is 0 Å². The van der Waals surface area contributed by atoms with Crippen LogP contribution in [0.25, 0.3) is 6.08 Å². The molecule has 1 aliphatic rings. The summed E-state index contributed by atoms with van der Waals surface area (Å²) in [5, 5.41) is 9.19. The predicted octanol–water partition coefficient (Wildman–Crippen LogP) is 2.57. The van der Waals surface area contributed by atoms with E-state index in [-0.39, 0.29) is 0 Å². The molecule has 5 heteroatoms. The molecule has 2 heterocycles. The molecule has 5 nitrogen and oxygen atoms in total. The molecule has 24 heavy (non-hydrogen) atoms. The fourth-order valence-electron chi connectivity index (χ4n) is 2.99. The summed E-state index contributed by atoms with van der Waals surface area (Å²) >= 11 is 0. The van der Waals surface area contributed by atoms with Crippen molar-refractivity contribution in [2.24, 2.45) is 0 Å². The predicted molar refractivity (Wildman–Crippen MR) is 95.5 cm³/mol. The molecule has 122 valence electrons. The monoisotopic (exact) mass is 319 g/mol. The van der Waals surface area contributed by atoms with E-state index in [2.05, 4.69) is 69.2 Å². The molecule has 1 unspecified atom stereocenters. The molecule has 2 aromatic rings. The first-order valence-electron chi connectivity index (χ1n) is 8.19. The van der Waals surface area contributed by atoms with Gasteiger partial charge in [-0.25, -0.2) is 9.97 Å². The summed E-state index contributed by atoms with van der Waals surface area (Å²) in [4.78, 5) is 13.1. The Hall–Kier alpha value is -2.71. The second-order valence-electron chi connectivity index (χ2n) is 5.94. The van der Waals surface area contributed by atoms with Crippen molar-refractivity contribution in [3.63, 3.8) is 0 Å². The summed E-state index contributed by atoms with van der Waals surface area (Å²) in [5.74, 6) is 0.700. The number of rotatable bonds is 4. The van der Waals surface area contributed by atoms with Gasteiger partial charge in [0.05, 0.1) is 0 Å². The summed E-state index contributed by atoms with van der Waals surface area (Å²) in [6, 6.07) is 12.9. The Morgan fingerprint density at radius 2 is 2.00 bits per heavy atom. The highest BCUT2D eigenvalue weighted by Gasteiger charge is 2.25. The third-order valence-corrected chi connectivity index (χ3v) is 4.30. The highest BCUT2D eigenvalue weighted by molar-refractivity contribution is 5.50. The Balaban J connectivity index is 1.59. The topological polar surface area (TPSA) is 56.1 Å². The Bertz CT molecular complexity index is 735. The van der Waals surface area contributed by atoms with Crippen LogP contribution in [0.1, 0.15) is 18.2 Å². The lowest BCUT2D eigenvalue weighted by molar-refractivity contribution is 0.209. The Kier molecular flexibility index (Phi) is 5.19. The molecule has 0 amide bonds. The molecule has 0 saturated carbocycles. The molecule has 0 radical (unpaired) electrons. The first kappa shape index (κ1) is 16.2. The van der Waals surface area contributed by atoms with Gasteiger partial charge in [-0.2, -0.15) is 5.26 Å². The van der Waals surface area contributed by atoms with Crippen LogP contribution < -0.4 is 4.90 Å². The molecular weight excluding hydrogens is 298 g/mol. The van der Waals surface area contributed by atoms with E-state index in [9.17, 15) is 5.26 Å². The van der Waals surface area contributed by atoms with Gasteiger partial charge in [-0.1, -0.05) is 42.5 Å². The molecule has 1 aromatic carbocycles. The average Bonchev–Trinajstić information content (AvgIpc) is 2.64. The summed E-state index contributed by atoms with van der Waals surface area (Å²) in [6.45, 7) is 5.80. The number of aromatic nitrogens is 2. The van der Waals surface area contributed by atoms with E-state index < -0.39 is 0 Å². The summed E-state index contributed by atoms with van der Waals surface area (Å²) in [6.07, 6.45) is 7.59. The number of anilines is 1. The zero-order valence-electron chi connectivity index (χ0n) is 13.8. The van der Waals surface area contributed by atoms with Gasteiger partial charge < -0.3 is 4.90 Å². The SMILES string of the molecule is CC1CN(c2nccnc2C#N)CCN1CC=Cc1ccccc1. The van der Waals surface area contributed by atoms with Crippen molar-refractivity contribution in [1.82, 2.24) is 14.9 Å². The fourth-order valence-corrected chi connectivity index (χ4v) is 2.99. The lowest BCUT2D eigenvalue weighted by Gasteiger charge is -2.40. The second kappa shape index (κ2) is 7.71. The minimum absolute atomic E-state index is 0.396. The molecule has 0 aliphatic carbocycles. The zero-order chi connectivity index (χ0) is 16.8. The molecule has 1 saturated heterocycles. The molecular formula is C19H21N5. The quantitative estimate of drug-likeness (QED) is 0.867. The van der Waals surface area contributed by atoms with Crippen molar-refractivity contribution in [1.29, 1.82) is 5.26 Å². The first-order valence-corrected chi connectivity index (χ1v) is 8.19. The number of nitrogens with zero attached hydrogens (tertiary/aromatic N) is 5. The van der Waals surface area contributed by atoms with Crippen molar-refractivity contribution in [2.75, 3.05) is 31.1 Å². The van der Waals surface area contributed by atoms with Crippen molar-refractivity contribution in [3.05, 3.63) is 60.1 Å². The number of piperazine rings is 1. The van der Waals surface area contributed by atoms with Crippen molar-refractivity contribution < 1.29 is 0 Å². The van der Waals surface area contributed by atoms with E-state index in [1.54, 1.807) is 12.4 Å². The van der Waals surface area contributed by atoms with Gasteiger partial charge in [0.25, 0.3) is 0 Å². The Labute approximate surface area is 142 Å². The van der Waals surface area contributed by atoms with E-state index in [0.29, 0.717) is 17.6 Å². The lowest BCUT2D eigenvalue weighted by atomic mass is 10.1. The summed E-state index contributed by atoms with van der Waals surface area (Å²) < 4.78 is 0. The van der Waals surface area contributed by atoms with Crippen LogP contribution in [-0.2, 0) is 0 Å². The molecule has 0 bridgehead atoms. The van der Waals surface area contributed by atoms with Gasteiger partial charge in [-0.3, -0.25) is 4.90 Å². The molecule has 1 fully saturated rings. The van der Waals surface area contributed by atoms with E-state index in [1.165, 1.54) is 5.56 Å². The zero-order valence-corrected chi connectivity index (χ0v) is 13.8. The fraction of sp³-hybridized carbons (Fsp3) is 0.316. The maximum absolute atomic E-state index is 9.19. The standard InChI is InChI=1S/C19H21N5/c1-16-15-24(19-18(14-20)21-9-10-22-19)13-12-23(16)11-5-8-17-6-3-2-4-7-17/h2-10,16H,11-13,15H2,1H3. The van der Waals surface area contributed by atoms with Crippen LogP contribution >= 0.6 is 0 Å². The van der Waals surface area contributed by atoms with Gasteiger partial charge in [0.1, 0.15) is 6.07 Å². The highest BCUT2D eigenvalue weighted by atomic mass is 15.3. The third kappa shape index (κ3) is 3.79. The van der Waals surface area contributed by atoms with E-state index >= 15 is 0 Å². The van der Waals surface area contributed by atoms with Gasteiger partial charge in [-0.05, 0) is 12.5 Å². The Morgan fingerprint density at radius 1 is 1.21 bits per heavy atom. The number of hydrogen-bond acceptors (Lipinski definition) is 5. The van der Waals surface area contributed by atoms with Gasteiger partial charge in [-0.15, -0.1) is 0 Å². The summed E-state index contributed by atoms with van der Waals surface area (Å²) in [5.41, 5.74) is 1.63. The Morgan fingerprint density at radius 3 is 2.75 bits per heavy atom. The maximum Gasteiger partial charge on any atom is 0.183 e. The van der Waals surface area contributed by atoms with E-state index in [0.717, 1.165) is 26.2 Å². The molecule has 0 N–H and O–H groups in total. The lowest BCUT2D eigenvalue weighted by Crippen LogP contribution is -2.52. The van der Waals surface area contributed by atoms with Gasteiger partial charge in [0, 0.05) is 44.6 Å². The van der Waals surface area contributed by atoms with Crippen molar-refractivity contribution >= 4 is 11.9 Å².